The molecule has 0 saturated carbocycles. The SMILES string of the molecule is CC(C)(C)S(=O)(=O)C/C(N)=N/OS(=O)(=O)c1ccc(Cl)c(Cl)c1. The molecule has 0 aliphatic heterocycles. The van der Waals surface area contributed by atoms with Crippen molar-refractivity contribution in [2.45, 2.75) is 30.4 Å². The van der Waals surface area contributed by atoms with Gasteiger partial charge in [-0.05, 0) is 39.0 Å². The van der Waals surface area contributed by atoms with Crippen molar-refractivity contribution in [2.24, 2.45) is 10.9 Å². The number of sulfone groups is 1. The third-order valence-electron chi connectivity index (χ3n) is 2.70. The number of hydrogen-bond donors (Lipinski definition) is 1. The van der Waals surface area contributed by atoms with Crippen molar-refractivity contribution in [3.63, 3.8) is 0 Å². The Kier molecular flexibility index (Phi) is 5.95. The lowest BCUT2D eigenvalue weighted by atomic mass is 10.3. The molecule has 0 heterocycles. The number of halogens is 2. The number of nitrogens with zero attached hydrogens (tertiary/aromatic N) is 1. The maximum absolute atomic E-state index is 11.9. The summed E-state index contributed by atoms with van der Waals surface area (Å²) >= 11 is 11.4. The molecule has 0 spiro atoms. The normalized spacial score (nSPS) is 13.9. The van der Waals surface area contributed by atoms with E-state index in [4.69, 9.17) is 28.9 Å². The molecule has 11 heteroatoms. The second-order valence-electron chi connectivity index (χ2n) is 5.56. The molecule has 1 aromatic carbocycles. The van der Waals surface area contributed by atoms with Crippen LogP contribution in [0.4, 0.5) is 0 Å². The summed E-state index contributed by atoms with van der Waals surface area (Å²) in [6.45, 7) is 4.47. The van der Waals surface area contributed by atoms with E-state index in [1.807, 2.05) is 0 Å². The van der Waals surface area contributed by atoms with Gasteiger partial charge in [-0.1, -0.05) is 28.4 Å². The van der Waals surface area contributed by atoms with Crippen LogP contribution >= 0.6 is 23.2 Å². The predicted molar refractivity (Wildman–Crippen MR) is 89.9 cm³/mol. The third-order valence-corrected chi connectivity index (χ3v) is 7.09. The number of nitrogens with two attached hydrogens (primary N) is 1. The minimum Gasteiger partial charge on any atom is -0.384 e. The number of hydrogen-bond acceptors (Lipinski definition) is 6. The largest absolute Gasteiger partial charge is 0.384 e. The first-order valence-corrected chi connectivity index (χ1v) is 10.0. The maximum atomic E-state index is 11.9. The fourth-order valence-corrected chi connectivity index (χ4v) is 3.22. The Labute approximate surface area is 145 Å². The fraction of sp³-hybridized carbons (Fsp3) is 0.417. The summed E-state index contributed by atoms with van der Waals surface area (Å²) in [5.74, 6) is -1.11. The highest BCUT2D eigenvalue weighted by Gasteiger charge is 2.30. The van der Waals surface area contributed by atoms with Crippen molar-refractivity contribution >= 4 is 49.0 Å². The fourth-order valence-electron chi connectivity index (χ4n) is 1.21. The van der Waals surface area contributed by atoms with Crippen molar-refractivity contribution < 1.29 is 21.1 Å². The van der Waals surface area contributed by atoms with Gasteiger partial charge in [-0.3, -0.25) is 4.28 Å². The molecule has 7 nitrogen and oxygen atoms in total. The van der Waals surface area contributed by atoms with Crippen LogP contribution in [0.2, 0.25) is 10.0 Å². The zero-order valence-electron chi connectivity index (χ0n) is 12.6. The maximum Gasteiger partial charge on any atom is 0.358 e. The number of rotatable bonds is 5. The Morgan fingerprint density at radius 3 is 2.22 bits per heavy atom. The van der Waals surface area contributed by atoms with Gasteiger partial charge in [0.2, 0.25) is 0 Å². The summed E-state index contributed by atoms with van der Waals surface area (Å²) < 4.78 is 51.1. The number of oxime groups is 1. The Bertz CT molecular complexity index is 827. The van der Waals surface area contributed by atoms with Gasteiger partial charge in [-0.15, -0.1) is 0 Å². The molecule has 1 aromatic rings. The van der Waals surface area contributed by atoms with Gasteiger partial charge in [0.05, 0.1) is 14.8 Å². The molecule has 0 aromatic heterocycles. The van der Waals surface area contributed by atoms with Gasteiger partial charge in [0.1, 0.15) is 10.6 Å². The van der Waals surface area contributed by atoms with E-state index in [1.165, 1.54) is 32.9 Å². The predicted octanol–water partition coefficient (Wildman–Crippen LogP) is 2.18. The lowest BCUT2D eigenvalue weighted by Crippen LogP contribution is -2.36. The molecule has 0 atom stereocenters. The lowest BCUT2D eigenvalue weighted by Gasteiger charge is -2.18. The van der Waals surface area contributed by atoms with Crippen molar-refractivity contribution in [3.05, 3.63) is 28.2 Å². The first-order valence-electron chi connectivity index (χ1n) is 6.19. The molecular weight excluding hydrogens is 387 g/mol. The van der Waals surface area contributed by atoms with Crippen molar-refractivity contribution in [3.8, 4) is 0 Å². The van der Waals surface area contributed by atoms with Crippen LogP contribution in [-0.4, -0.2) is 33.2 Å². The summed E-state index contributed by atoms with van der Waals surface area (Å²) in [5, 5.41) is 3.36. The molecular formula is C12H16Cl2N2O5S2. The van der Waals surface area contributed by atoms with Crippen molar-refractivity contribution in [1.29, 1.82) is 0 Å². The van der Waals surface area contributed by atoms with Crippen LogP contribution in [0.15, 0.2) is 28.3 Å². The van der Waals surface area contributed by atoms with Crippen LogP contribution in [0.1, 0.15) is 20.8 Å². The summed E-state index contributed by atoms with van der Waals surface area (Å²) in [7, 11) is -7.90. The van der Waals surface area contributed by atoms with E-state index >= 15 is 0 Å². The third kappa shape index (κ3) is 5.23. The quantitative estimate of drug-likeness (QED) is 0.458. The van der Waals surface area contributed by atoms with Gasteiger partial charge in [-0.25, -0.2) is 8.42 Å². The highest BCUT2D eigenvalue weighted by molar-refractivity contribution is 7.93. The molecule has 0 radical (unpaired) electrons. The number of benzene rings is 1. The Balaban J connectivity index is 2.96. The van der Waals surface area contributed by atoms with Gasteiger partial charge in [0.15, 0.2) is 15.7 Å². The average molecular weight is 403 g/mol. The van der Waals surface area contributed by atoms with E-state index in [0.29, 0.717) is 0 Å². The van der Waals surface area contributed by atoms with Gasteiger partial charge < -0.3 is 5.73 Å². The van der Waals surface area contributed by atoms with E-state index in [1.54, 1.807) is 0 Å². The molecule has 2 N–H and O–H groups in total. The standard InChI is InChI=1S/C12H16Cl2N2O5S2/c1-12(2,3)22(17,18)7-11(15)16-21-23(19,20)8-4-5-9(13)10(14)6-8/h4-6H,7H2,1-3H3,(H2,15,16). The topological polar surface area (TPSA) is 116 Å². The van der Waals surface area contributed by atoms with Gasteiger partial charge in [0, 0.05) is 0 Å². The molecule has 0 aliphatic carbocycles. The lowest BCUT2D eigenvalue weighted by molar-refractivity contribution is 0.338. The van der Waals surface area contributed by atoms with Crippen LogP contribution in [0.5, 0.6) is 0 Å². The van der Waals surface area contributed by atoms with Crippen LogP contribution in [0, 0.1) is 0 Å². The van der Waals surface area contributed by atoms with Crippen molar-refractivity contribution in [1.82, 2.24) is 0 Å². The van der Waals surface area contributed by atoms with Gasteiger partial charge in [-0.2, -0.15) is 8.42 Å². The molecule has 0 amide bonds. The molecule has 0 aliphatic rings. The number of amidine groups is 1. The van der Waals surface area contributed by atoms with E-state index < -0.39 is 36.3 Å². The highest BCUT2D eigenvalue weighted by Crippen LogP contribution is 2.25. The minimum atomic E-state index is -4.29. The van der Waals surface area contributed by atoms with Crippen LogP contribution in [-0.2, 0) is 24.2 Å². The van der Waals surface area contributed by atoms with Gasteiger partial charge in [0.25, 0.3) is 0 Å². The molecule has 0 unspecified atom stereocenters. The van der Waals surface area contributed by atoms with Crippen LogP contribution in [0.3, 0.4) is 0 Å². The molecule has 130 valence electrons. The summed E-state index contributed by atoms with van der Waals surface area (Å²) in [6, 6.07) is 3.52. The minimum absolute atomic E-state index is 0.0172. The average Bonchev–Trinajstić information content (AvgIpc) is 2.38. The summed E-state index contributed by atoms with van der Waals surface area (Å²) in [6.07, 6.45) is 0. The highest BCUT2D eigenvalue weighted by atomic mass is 35.5. The van der Waals surface area contributed by atoms with Crippen LogP contribution < -0.4 is 5.73 Å². The van der Waals surface area contributed by atoms with Crippen molar-refractivity contribution in [2.75, 3.05) is 5.75 Å². The molecule has 0 bridgehead atoms. The second kappa shape index (κ2) is 6.84. The molecule has 23 heavy (non-hydrogen) atoms. The molecule has 0 fully saturated rings. The summed E-state index contributed by atoms with van der Waals surface area (Å²) in [5.41, 5.74) is 5.43. The van der Waals surface area contributed by atoms with Crippen LogP contribution in [0.25, 0.3) is 0 Å². The van der Waals surface area contributed by atoms with Gasteiger partial charge >= 0.3 is 10.1 Å². The van der Waals surface area contributed by atoms with E-state index in [-0.39, 0.29) is 14.9 Å². The molecule has 0 saturated heterocycles. The summed E-state index contributed by atoms with van der Waals surface area (Å²) in [4.78, 5) is -0.290. The molecule has 1 rings (SSSR count). The van der Waals surface area contributed by atoms with E-state index in [9.17, 15) is 16.8 Å². The zero-order valence-corrected chi connectivity index (χ0v) is 15.7. The monoisotopic (exact) mass is 402 g/mol. The Hall–Kier alpha value is -1.03. The second-order valence-corrected chi connectivity index (χ2v) is 10.6. The Morgan fingerprint density at radius 1 is 1.17 bits per heavy atom. The Morgan fingerprint density at radius 2 is 1.74 bits per heavy atom. The van der Waals surface area contributed by atoms with E-state index in [2.05, 4.69) is 9.44 Å². The smallest absolute Gasteiger partial charge is 0.358 e. The first-order chi connectivity index (χ1) is 10.3. The zero-order chi connectivity index (χ0) is 18.1. The van der Waals surface area contributed by atoms with E-state index in [0.717, 1.165) is 6.07 Å². The first kappa shape index (κ1) is 20.0.